The molecule has 2 aliphatic rings. The van der Waals surface area contributed by atoms with Gasteiger partial charge < -0.3 is 4.90 Å². The minimum atomic E-state index is -0.745. The van der Waals surface area contributed by atoms with Crippen LogP contribution in [0.1, 0.15) is 37.5 Å². The molecule has 2 aromatic carbocycles. The molecule has 0 unspecified atom stereocenters. The summed E-state index contributed by atoms with van der Waals surface area (Å²) in [5.74, 6) is -1.33. The summed E-state index contributed by atoms with van der Waals surface area (Å²) in [5, 5.41) is 2.28. The van der Waals surface area contributed by atoms with E-state index < -0.39 is 17.8 Å². The minimum Gasteiger partial charge on any atom is -0.366 e. The summed E-state index contributed by atoms with van der Waals surface area (Å²) in [6.45, 7) is 8.23. The third kappa shape index (κ3) is 3.54. The van der Waals surface area contributed by atoms with Crippen molar-refractivity contribution in [3.8, 4) is 0 Å². The van der Waals surface area contributed by atoms with E-state index in [-0.39, 0.29) is 11.1 Å². The Hall–Kier alpha value is -3.67. The van der Waals surface area contributed by atoms with Crippen molar-refractivity contribution in [2.75, 3.05) is 16.8 Å². The van der Waals surface area contributed by atoms with Gasteiger partial charge >= 0.3 is 6.03 Å². The first-order chi connectivity index (χ1) is 14.6. The maximum absolute atomic E-state index is 13.1. The highest BCUT2D eigenvalue weighted by molar-refractivity contribution is 6.39. The van der Waals surface area contributed by atoms with Crippen LogP contribution in [0.2, 0.25) is 0 Å². The van der Waals surface area contributed by atoms with Gasteiger partial charge in [-0.3, -0.25) is 14.9 Å². The molecule has 4 rings (SSSR count). The number of barbiturate groups is 1. The quantitative estimate of drug-likeness (QED) is 0.587. The molecule has 1 N–H and O–H groups in total. The number of hydrogen-bond donors (Lipinski definition) is 1. The zero-order valence-electron chi connectivity index (χ0n) is 18.3. The number of nitrogens with one attached hydrogen (secondary N) is 1. The lowest BCUT2D eigenvalue weighted by Crippen LogP contribution is -2.54. The largest absolute Gasteiger partial charge is 0.366 e. The Morgan fingerprint density at radius 1 is 1.00 bits per heavy atom. The number of hydrogen-bond acceptors (Lipinski definition) is 4. The zero-order valence-corrected chi connectivity index (χ0v) is 18.3. The second kappa shape index (κ2) is 7.23. The van der Waals surface area contributed by atoms with Gasteiger partial charge in [-0.1, -0.05) is 24.3 Å². The summed E-state index contributed by atoms with van der Waals surface area (Å²) in [5.41, 5.74) is 5.14. The number of aryl methyl sites for hydroxylation is 1. The van der Waals surface area contributed by atoms with Crippen LogP contribution in [0.15, 0.2) is 54.1 Å². The molecule has 1 fully saturated rings. The maximum atomic E-state index is 13.1. The van der Waals surface area contributed by atoms with E-state index in [0.717, 1.165) is 32.9 Å². The number of amides is 4. The molecule has 0 saturated carbocycles. The lowest BCUT2D eigenvalue weighted by Gasteiger charge is -2.40. The number of allylic oxidation sites excluding steroid dienone is 1. The number of rotatable bonds is 2. The fourth-order valence-corrected chi connectivity index (χ4v) is 4.09. The van der Waals surface area contributed by atoms with Crippen molar-refractivity contribution >= 4 is 40.9 Å². The molecule has 2 heterocycles. The molecule has 0 aromatic heterocycles. The average molecular weight is 415 g/mol. The standard InChI is InChI=1S/C25H25N3O3/c1-15-7-6-8-18(11-15)28-23(30)20(22(29)26-24(28)31)13-17-9-10-21-19(12-17)16(2)14-25(3,4)27(21)5/h6-14H,1-5H3,(H,26,29,31)/b20-13+. The van der Waals surface area contributed by atoms with Crippen molar-refractivity contribution in [1.29, 1.82) is 0 Å². The third-order valence-electron chi connectivity index (χ3n) is 5.91. The first-order valence-corrected chi connectivity index (χ1v) is 10.1. The van der Waals surface area contributed by atoms with Gasteiger partial charge in [0.05, 0.1) is 11.2 Å². The third-order valence-corrected chi connectivity index (χ3v) is 5.91. The summed E-state index contributed by atoms with van der Waals surface area (Å²) in [7, 11) is 2.04. The highest BCUT2D eigenvalue weighted by atomic mass is 16.2. The van der Waals surface area contributed by atoms with E-state index in [1.165, 1.54) is 0 Å². The molecule has 0 aliphatic carbocycles. The highest BCUT2D eigenvalue weighted by Gasteiger charge is 2.37. The number of urea groups is 1. The topological polar surface area (TPSA) is 69.7 Å². The van der Waals surface area contributed by atoms with Crippen LogP contribution in [-0.4, -0.2) is 30.4 Å². The van der Waals surface area contributed by atoms with Crippen molar-refractivity contribution in [3.05, 3.63) is 70.8 Å². The lowest BCUT2D eigenvalue weighted by molar-refractivity contribution is -0.122. The van der Waals surface area contributed by atoms with Gasteiger partial charge in [0.1, 0.15) is 5.57 Å². The first-order valence-electron chi connectivity index (χ1n) is 10.1. The average Bonchev–Trinajstić information content (AvgIpc) is 2.69. The van der Waals surface area contributed by atoms with Crippen LogP contribution >= 0.6 is 0 Å². The van der Waals surface area contributed by atoms with Crippen LogP contribution in [0.25, 0.3) is 11.6 Å². The number of fused-ring (bicyclic) bond motifs is 1. The van der Waals surface area contributed by atoms with Crippen molar-refractivity contribution in [3.63, 3.8) is 0 Å². The fraction of sp³-hybridized carbons (Fsp3) is 0.240. The monoisotopic (exact) mass is 415 g/mol. The number of nitrogens with zero attached hydrogens (tertiary/aromatic N) is 2. The summed E-state index contributed by atoms with van der Waals surface area (Å²) in [6.07, 6.45) is 3.74. The Morgan fingerprint density at radius 2 is 1.74 bits per heavy atom. The molecular formula is C25H25N3O3. The van der Waals surface area contributed by atoms with Crippen molar-refractivity contribution < 1.29 is 14.4 Å². The van der Waals surface area contributed by atoms with Gasteiger partial charge in [-0.25, -0.2) is 9.69 Å². The minimum absolute atomic E-state index is 0.0767. The predicted octanol–water partition coefficient (Wildman–Crippen LogP) is 4.29. The van der Waals surface area contributed by atoms with Crippen molar-refractivity contribution in [2.24, 2.45) is 0 Å². The Bertz CT molecular complexity index is 1190. The van der Waals surface area contributed by atoms with Crippen molar-refractivity contribution in [1.82, 2.24) is 5.32 Å². The van der Waals surface area contributed by atoms with E-state index in [2.05, 4.69) is 37.1 Å². The Balaban J connectivity index is 1.75. The van der Waals surface area contributed by atoms with E-state index in [0.29, 0.717) is 5.69 Å². The SMILES string of the molecule is CC1=CC(C)(C)N(C)c2ccc(/C=C3\C(=O)NC(=O)N(c4cccc(C)c4)C3=O)cc21. The van der Waals surface area contributed by atoms with Crippen LogP contribution in [0, 0.1) is 6.92 Å². The second-order valence-corrected chi connectivity index (χ2v) is 8.61. The molecule has 0 bridgehead atoms. The van der Waals surface area contributed by atoms with Gasteiger partial charge in [0.2, 0.25) is 0 Å². The Morgan fingerprint density at radius 3 is 2.45 bits per heavy atom. The molecule has 2 aliphatic heterocycles. The van der Waals surface area contributed by atoms with Crippen LogP contribution in [0.4, 0.5) is 16.2 Å². The summed E-state index contributed by atoms with van der Waals surface area (Å²) >= 11 is 0. The number of imide groups is 2. The van der Waals surface area contributed by atoms with E-state index in [1.54, 1.807) is 24.3 Å². The molecule has 6 heteroatoms. The maximum Gasteiger partial charge on any atom is 0.335 e. The molecule has 2 aromatic rings. The number of carbonyl (C=O) groups is 3. The Labute approximate surface area is 181 Å². The van der Waals surface area contributed by atoms with E-state index >= 15 is 0 Å². The number of likely N-dealkylation sites (N-methyl/N-ethyl adjacent to an activating group) is 1. The Kier molecular flexibility index (Phi) is 4.81. The lowest BCUT2D eigenvalue weighted by atomic mass is 9.88. The van der Waals surface area contributed by atoms with Crippen LogP contribution < -0.4 is 15.1 Å². The molecular weight excluding hydrogens is 390 g/mol. The van der Waals surface area contributed by atoms with Crippen LogP contribution in [-0.2, 0) is 9.59 Å². The fourth-order valence-electron chi connectivity index (χ4n) is 4.09. The van der Waals surface area contributed by atoms with Gasteiger partial charge in [0, 0.05) is 18.3 Å². The molecule has 0 radical (unpaired) electrons. The molecule has 0 atom stereocenters. The second-order valence-electron chi connectivity index (χ2n) is 8.61. The van der Waals surface area contributed by atoms with Crippen molar-refractivity contribution in [2.45, 2.75) is 33.2 Å². The van der Waals surface area contributed by atoms with E-state index in [1.807, 2.05) is 38.2 Å². The number of benzene rings is 2. The first kappa shape index (κ1) is 20.6. The molecule has 4 amide bonds. The smallest absolute Gasteiger partial charge is 0.335 e. The van der Waals surface area contributed by atoms with Gasteiger partial charge in [0.25, 0.3) is 11.8 Å². The normalized spacial score (nSPS) is 19.3. The summed E-state index contributed by atoms with van der Waals surface area (Å²) < 4.78 is 0. The molecule has 0 spiro atoms. The molecule has 31 heavy (non-hydrogen) atoms. The molecule has 158 valence electrons. The van der Waals surface area contributed by atoms with Gasteiger partial charge in [-0.15, -0.1) is 0 Å². The van der Waals surface area contributed by atoms with E-state index in [4.69, 9.17) is 0 Å². The number of carbonyl (C=O) groups excluding carboxylic acids is 3. The predicted molar refractivity (Wildman–Crippen MR) is 123 cm³/mol. The summed E-state index contributed by atoms with van der Waals surface area (Å²) in [4.78, 5) is 41.2. The highest BCUT2D eigenvalue weighted by Crippen LogP contribution is 2.38. The van der Waals surface area contributed by atoms with Gasteiger partial charge in [0.15, 0.2) is 0 Å². The van der Waals surface area contributed by atoms with E-state index in [9.17, 15) is 14.4 Å². The molecule has 6 nitrogen and oxygen atoms in total. The summed E-state index contributed by atoms with van der Waals surface area (Å²) in [6, 6.07) is 12.1. The zero-order chi connectivity index (χ0) is 22.5. The van der Waals surface area contributed by atoms with Gasteiger partial charge in [-0.05, 0) is 74.7 Å². The number of anilines is 2. The molecule has 1 saturated heterocycles. The van der Waals surface area contributed by atoms with Crippen LogP contribution in [0.5, 0.6) is 0 Å². The van der Waals surface area contributed by atoms with Crippen LogP contribution in [0.3, 0.4) is 0 Å². The van der Waals surface area contributed by atoms with Gasteiger partial charge in [-0.2, -0.15) is 0 Å².